The molecule has 0 bridgehead atoms. The van der Waals surface area contributed by atoms with Crippen LogP contribution in [0.1, 0.15) is 40.0 Å². The predicted octanol–water partition coefficient (Wildman–Crippen LogP) is 3.72. The smallest absolute Gasteiger partial charge is 0.395 e. The minimum Gasteiger partial charge on any atom is -0.458 e. The molecule has 0 amide bonds. The number of ketones is 2. The van der Waals surface area contributed by atoms with Crippen LogP contribution in [-0.4, -0.2) is 41.5 Å². The van der Waals surface area contributed by atoms with Gasteiger partial charge >= 0.3 is 12.1 Å². The fourth-order valence-corrected chi connectivity index (χ4v) is 6.78. The van der Waals surface area contributed by atoms with E-state index in [0.717, 1.165) is 11.6 Å². The minimum atomic E-state index is -4.51. The van der Waals surface area contributed by atoms with Crippen molar-refractivity contribution in [3.8, 4) is 0 Å². The van der Waals surface area contributed by atoms with Crippen molar-refractivity contribution >= 4 is 17.5 Å². The summed E-state index contributed by atoms with van der Waals surface area (Å²) in [6.45, 7) is 4.29. The Balaban J connectivity index is 1.75. The molecule has 0 spiro atoms. The molecule has 4 aliphatic rings. The number of alkyl halides is 3. The lowest BCUT2D eigenvalue weighted by molar-refractivity contribution is -0.176. The summed E-state index contributed by atoms with van der Waals surface area (Å²) in [5.41, 5.74) is -0.865. The Morgan fingerprint density at radius 2 is 1.91 bits per heavy atom. The molecule has 3 unspecified atom stereocenters. The zero-order valence-corrected chi connectivity index (χ0v) is 18.2. The van der Waals surface area contributed by atoms with E-state index in [9.17, 15) is 32.7 Å². The highest BCUT2D eigenvalue weighted by atomic mass is 19.4. The highest BCUT2D eigenvalue weighted by Gasteiger charge is 2.63. The van der Waals surface area contributed by atoms with Crippen LogP contribution in [0.25, 0.3) is 0 Å². The van der Waals surface area contributed by atoms with E-state index >= 15 is 0 Å². The van der Waals surface area contributed by atoms with Crippen molar-refractivity contribution < 1.29 is 37.4 Å². The van der Waals surface area contributed by atoms with Crippen LogP contribution in [0.15, 0.2) is 35.5 Å². The summed E-state index contributed by atoms with van der Waals surface area (Å²) in [5.74, 6) is -4.86. The van der Waals surface area contributed by atoms with Gasteiger partial charge in [0, 0.05) is 12.3 Å². The second-order valence-corrected chi connectivity index (χ2v) is 9.98. The molecule has 2 saturated carbocycles. The second kappa shape index (κ2) is 7.40. The lowest BCUT2D eigenvalue weighted by atomic mass is 9.50. The maximum Gasteiger partial charge on any atom is 0.395 e. The Morgan fingerprint density at radius 3 is 2.53 bits per heavy atom. The van der Waals surface area contributed by atoms with Gasteiger partial charge in [-0.05, 0) is 61.2 Å². The minimum absolute atomic E-state index is 0.0737. The number of carbonyl (C=O) groups excluding carboxylic acids is 3. The van der Waals surface area contributed by atoms with Crippen molar-refractivity contribution in [2.45, 2.75) is 52.3 Å². The number of aliphatic hydroxyl groups excluding tert-OH is 1. The van der Waals surface area contributed by atoms with Gasteiger partial charge in [0.15, 0.2) is 11.6 Å². The van der Waals surface area contributed by atoms with E-state index < -0.39 is 65.0 Å². The van der Waals surface area contributed by atoms with Crippen LogP contribution in [0, 0.1) is 34.5 Å². The van der Waals surface area contributed by atoms with Gasteiger partial charge < -0.3 is 9.84 Å². The van der Waals surface area contributed by atoms with E-state index in [4.69, 9.17) is 4.74 Å². The lowest BCUT2D eigenvalue weighted by Crippen LogP contribution is -2.49. The Labute approximate surface area is 184 Å². The summed E-state index contributed by atoms with van der Waals surface area (Å²) < 4.78 is 47.2. The quantitative estimate of drug-likeness (QED) is 0.522. The number of aliphatic hydroxyl groups is 1. The molecule has 0 radical (unpaired) electrons. The fraction of sp³-hybridized carbons (Fsp3) is 0.625. The monoisotopic (exact) mass is 452 g/mol. The zero-order chi connectivity index (χ0) is 23.6. The number of hydrogen-bond donors (Lipinski definition) is 1. The van der Waals surface area contributed by atoms with Gasteiger partial charge in [0.1, 0.15) is 6.61 Å². The Kier molecular flexibility index (Phi) is 5.31. The number of halogens is 3. The van der Waals surface area contributed by atoms with Crippen molar-refractivity contribution in [3.05, 3.63) is 35.5 Å². The maximum atomic E-state index is 14.1. The molecule has 4 aliphatic carbocycles. The molecule has 0 aromatic heterocycles. The number of allylic oxidation sites excluding steroid dienone is 6. The zero-order valence-electron chi connectivity index (χ0n) is 18.2. The molecule has 5 nitrogen and oxygen atoms in total. The summed E-state index contributed by atoms with van der Waals surface area (Å²) in [4.78, 5) is 35.9. The van der Waals surface area contributed by atoms with E-state index in [2.05, 4.69) is 0 Å². The van der Waals surface area contributed by atoms with Crippen LogP contribution in [0.3, 0.4) is 0 Å². The molecule has 7 atom stereocenters. The maximum absolute atomic E-state index is 14.1. The van der Waals surface area contributed by atoms with Crippen molar-refractivity contribution in [1.29, 1.82) is 0 Å². The SMILES string of the molecule is CC(=O)OCC(=O)[C@H]1[C@H](O)CC2C3CC(C(F)(F)F)C4=CC(=O)C=C[C@]4(C)C3=CC[C@@]21C. The van der Waals surface area contributed by atoms with Crippen molar-refractivity contribution in [2.75, 3.05) is 6.61 Å². The number of Topliss-reactive ketones (excluding diaryl/α,β-unsaturated/α-hetero) is 1. The standard InChI is InChI=1S/C24H27F3O5/c1-12(28)32-11-20(31)21-19(30)10-16-14-9-18(24(25,26)27)17-8-13(29)4-6-22(17,2)15(14)5-7-23(16,21)3/h4-6,8,14,16,18-19,21,30H,7,9-11H2,1-3H3/t14?,16?,18?,19-,21-,22-,23+/m1/s1. The predicted molar refractivity (Wildman–Crippen MR) is 108 cm³/mol. The van der Waals surface area contributed by atoms with Crippen LogP contribution < -0.4 is 0 Å². The first kappa shape index (κ1) is 23.0. The number of fused-ring (bicyclic) bond motifs is 5. The van der Waals surface area contributed by atoms with Gasteiger partial charge in [0.25, 0.3) is 0 Å². The molecule has 1 N–H and O–H groups in total. The summed E-state index contributed by atoms with van der Waals surface area (Å²) in [7, 11) is 0. The molecule has 174 valence electrons. The number of ether oxygens (including phenoxy) is 1. The summed E-state index contributed by atoms with van der Waals surface area (Å²) in [6.07, 6.45) is 0.801. The van der Waals surface area contributed by atoms with Crippen LogP contribution in [-0.2, 0) is 19.1 Å². The van der Waals surface area contributed by atoms with Crippen molar-refractivity contribution in [1.82, 2.24) is 0 Å². The lowest BCUT2D eigenvalue weighted by Gasteiger charge is -2.54. The number of esters is 1. The highest BCUT2D eigenvalue weighted by molar-refractivity contribution is 6.01. The largest absolute Gasteiger partial charge is 0.458 e. The average molecular weight is 452 g/mol. The van der Waals surface area contributed by atoms with E-state index in [1.807, 2.05) is 13.0 Å². The summed E-state index contributed by atoms with van der Waals surface area (Å²) >= 11 is 0. The molecular formula is C24H27F3O5. The molecule has 0 aromatic rings. The van der Waals surface area contributed by atoms with Crippen molar-refractivity contribution in [3.63, 3.8) is 0 Å². The number of hydrogen-bond acceptors (Lipinski definition) is 5. The van der Waals surface area contributed by atoms with Crippen LogP contribution in [0.2, 0.25) is 0 Å². The van der Waals surface area contributed by atoms with Gasteiger partial charge in [-0.15, -0.1) is 0 Å². The van der Waals surface area contributed by atoms with E-state index in [1.54, 1.807) is 13.0 Å². The summed E-state index contributed by atoms with van der Waals surface area (Å²) in [5, 5.41) is 10.8. The van der Waals surface area contributed by atoms with Gasteiger partial charge in [-0.25, -0.2) is 0 Å². The Bertz CT molecular complexity index is 961. The first-order valence-electron chi connectivity index (χ1n) is 10.9. The van der Waals surface area contributed by atoms with Gasteiger partial charge in [0.05, 0.1) is 17.9 Å². The Hall–Kier alpha value is -2.22. The van der Waals surface area contributed by atoms with Crippen LogP contribution >= 0.6 is 0 Å². The fourth-order valence-electron chi connectivity index (χ4n) is 6.78. The first-order valence-corrected chi connectivity index (χ1v) is 10.9. The number of carbonyl (C=O) groups is 3. The third-order valence-electron chi connectivity index (χ3n) is 8.19. The first-order chi connectivity index (χ1) is 14.8. The van der Waals surface area contributed by atoms with E-state index in [-0.39, 0.29) is 24.3 Å². The average Bonchev–Trinajstić information content (AvgIpc) is 2.95. The second-order valence-electron chi connectivity index (χ2n) is 9.98. The highest BCUT2D eigenvalue weighted by Crippen LogP contribution is 2.66. The van der Waals surface area contributed by atoms with Gasteiger partial charge in [-0.2, -0.15) is 13.2 Å². The summed E-state index contributed by atoms with van der Waals surface area (Å²) in [6, 6.07) is 0. The molecule has 2 fully saturated rings. The van der Waals surface area contributed by atoms with E-state index in [1.165, 1.54) is 13.0 Å². The van der Waals surface area contributed by atoms with Crippen LogP contribution in [0.5, 0.6) is 0 Å². The molecular weight excluding hydrogens is 425 g/mol. The third-order valence-corrected chi connectivity index (χ3v) is 8.19. The normalized spacial score (nSPS) is 40.6. The van der Waals surface area contributed by atoms with Crippen LogP contribution in [0.4, 0.5) is 13.2 Å². The molecule has 0 aliphatic heterocycles. The topological polar surface area (TPSA) is 80.7 Å². The molecule has 0 heterocycles. The van der Waals surface area contributed by atoms with Gasteiger partial charge in [-0.1, -0.05) is 24.6 Å². The van der Waals surface area contributed by atoms with E-state index in [0.29, 0.717) is 6.42 Å². The number of rotatable bonds is 3. The molecule has 32 heavy (non-hydrogen) atoms. The Morgan fingerprint density at radius 1 is 1.22 bits per heavy atom. The molecule has 0 saturated heterocycles. The van der Waals surface area contributed by atoms with Gasteiger partial charge in [0.2, 0.25) is 0 Å². The van der Waals surface area contributed by atoms with Crippen molar-refractivity contribution in [2.24, 2.45) is 34.5 Å². The molecule has 4 rings (SSSR count). The molecule has 8 heteroatoms. The third kappa shape index (κ3) is 3.38. The van der Waals surface area contributed by atoms with Gasteiger partial charge in [-0.3, -0.25) is 14.4 Å². The molecule has 0 aromatic carbocycles.